The van der Waals surface area contributed by atoms with E-state index in [1.165, 1.54) is 27.0 Å². The van der Waals surface area contributed by atoms with Gasteiger partial charge < -0.3 is 20.9 Å². The van der Waals surface area contributed by atoms with Crippen molar-refractivity contribution in [2.75, 3.05) is 6.54 Å². The molecule has 0 aromatic carbocycles. The second kappa shape index (κ2) is 11.6. The van der Waals surface area contributed by atoms with Crippen LogP contribution in [0.4, 0.5) is 22.0 Å². The Morgan fingerprint density at radius 3 is 2.49 bits per heavy atom. The lowest BCUT2D eigenvalue weighted by atomic mass is 9.84. The molecule has 3 aliphatic rings. The fourth-order valence-corrected chi connectivity index (χ4v) is 7.21. The topological polar surface area (TPSA) is 150 Å². The van der Waals surface area contributed by atoms with Crippen LogP contribution in [-0.2, 0) is 19.2 Å². The lowest BCUT2D eigenvalue weighted by molar-refractivity contribution is -0.177. The van der Waals surface area contributed by atoms with Crippen LogP contribution < -0.4 is 16.0 Å². The van der Waals surface area contributed by atoms with E-state index < -0.39 is 83.4 Å². The minimum Gasteiger partial charge on any atom is -0.356 e. The molecule has 0 radical (unpaired) electrons. The van der Waals surface area contributed by atoms with Gasteiger partial charge in [-0.05, 0) is 36.8 Å². The first-order chi connectivity index (χ1) is 20.9. The number of Topliss-reactive ketones (excluding diaryl/α,β-unsaturated/α-hetero) is 1. The molecule has 17 heteroatoms. The van der Waals surface area contributed by atoms with Crippen LogP contribution in [0.2, 0.25) is 0 Å². The van der Waals surface area contributed by atoms with E-state index in [0.29, 0.717) is 23.3 Å². The molecule has 3 fully saturated rings. The molecule has 1 aliphatic carbocycles. The molecule has 0 unspecified atom stereocenters. The number of aromatic nitrogens is 2. The molecule has 2 aromatic rings. The number of ketones is 1. The van der Waals surface area contributed by atoms with Gasteiger partial charge in [-0.1, -0.05) is 32.1 Å². The highest BCUT2D eigenvalue weighted by Gasteiger charge is 2.65. The molecular weight excluding hydrogens is 627 g/mol. The van der Waals surface area contributed by atoms with E-state index in [9.17, 15) is 37.1 Å². The quantitative estimate of drug-likeness (QED) is 0.292. The van der Waals surface area contributed by atoms with E-state index in [4.69, 9.17) is 0 Å². The Morgan fingerprint density at radius 2 is 1.89 bits per heavy atom. The van der Waals surface area contributed by atoms with Crippen molar-refractivity contribution in [2.45, 2.75) is 82.7 Å². The Morgan fingerprint density at radius 1 is 1.18 bits per heavy atom. The van der Waals surface area contributed by atoms with Gasteiger partial charge in [0.2, 0.25) is 23.5 Å². The Hall–Kier alpha value is -3.76. The van der Waals surface area contributed by atoms with E-state index in [2.05, 4.69) is 20.6 Å². The number of likely N-dealkylation sites (tertiary alicyclic amines) is 1. The number of amides is 4. The maximum Gasteiger partial charge on any atom is 0.471 e. The van der Waals surface area contributed by atoms with Gasteiger partial charge in [-0.2, -0.15) is 13.2 Å². The summed E-state index contributed by atoms with van der Waals surface area (Å²) in [6.07, 6.45) is -4.79. The maximum absolute atomic E-state index is 15.1. The SMILES string of the molecule is CC(C)(C)[C@H](NC(=O)C(F)(F)F)C(=O)N1[C@H]2C[C@@H]([C@H]1C(=O)N[C@@H](C[C@@H]1CCNC1=O)C(=O)c1nc3cccnc3s1)C(F)(F)C2. The minimum absolute atomic E-state index is 0.0405. The van der Waals surface area contributed by atoms with Crippen LogP contribution in [0.15, 0.2) is 18.3 Å². The smallest absolute Gasteiger partial charge is 0.356 e. The zero-order valence-corrected chi connectivity index (χ0v) is 25.2. The zero-order valence-electron chi connectivity index (χ0n) is 24.4. The van der Waals surface area contributed by atoms with Crippen molar-refractivity contribution in [3.8, 4) is 0 Å². The number of carbonyl (C=O) groups is 5. The van der Waals surface area contributed by atoms with Crippen molar-refractivity contribution < 1.29 is 45.9 Å². The number of thiazole rings is 1. The molecule has 244 valence electrons. The summed E-state index contributed by atoms with van der Waals surface area (Å²) in [7, 11) is 0. The van der Waals surface area contributed by atoms with Crippen LogP contribution in [0.3, 0.4) is 0 Å². The second-order valence-corrected chi connectivity index (χ2v) is 13.7. The summed E-state index contributed by atoms with van der Waals surface area (Å²) in [5.74, 6) is -11.5. The van der Waals surface area contributed by atoms with Crippen molar-refractivity contribution in [3.63, 3.8) is 0 Å². The highest BCUT2D eigenvalue weighted by molar-refractivity contribution is 7.19. The summed E-state index contributed by atoms with van der Waals surface area (Å²) < 4.78 is 69.6. The number of hydrogen-bond acceptors (Lipinski definition) is 8. The maximum atomic E-state index is 15.1. The number of nitrogens with one attached hydrogen (secondary N) is 3. The Balaban J connectivity index is 1.46. The van der Waals surface area contributed by atoms with E-state index in [0.717, 1.165) is 16.2 Å². The van der Waals surface area contributed by atoms with Crippen molar-refractivity contribution in [3.05, 3.63) is 23.3 Å². The fourth-order valence-electron chi connectivity index (χ4n) is 6.31. The van der Waals surface area contributed by atoms with Crippen molar-refractivity contribution >= 4 is 51.1 Å². The summed E-state index contributed by atoms with van der Waals surface area (Å²) in [6.45, 7) is 4.50. The standard InChI is InChI=1S/C28H31F5N6O5S/c1-26(2,3)19(38-25(44)28(31,32)33)24(43)39-13-10-14(27(29,30)11-13)17(39)21(42)36-16(9-12-6-8-34-20(12)41)18(40)23-37-15-5-4-7-35-22(15)45-23/h4-5,7,12-14,16-17,19H,6,8-11H2,1-3H3,(H,34,41)(H,36,42)(H,38,44)/t12-,13-,14-,16-,17-,19+/m0/s1. The van der Waals surface area contributed by atoms with E-state index in [1.54, 1.807) is 17.4 Å². The molecule has 2 aromatic heterocycles. The van der Waals surface area contributed by atoms with Crippen LogP contribution in [0, 0.1) is 17.3 Å². The molecule has 5 rings (SSSR count). The third-order valence-electron chi connectivity index (χ3n) is 8.51. The van der Waals surface area contributed by atoms with Gasteiger partial charge in [0.25, 0.3) is 5.92 Å². The van der Waals surface area contributed by atoms with Crippen LogP contribution in [0.5, 0.6) is 0 Å². The van der Waals surface area contributed by atoms with Gasteiger partial charge in [0.15, 0.2) is 5.01 Å². The Labute approximate surface area is 257 Å². The number of alkyl halides is 5. The predicted octanol–water partition coefficient (Wildman–Crippen LogP) is 2.60. The van der Waals surface area contributed by atoms with Crippen LogP contribution >= 0.6 is 11.3 Å². The number of piperidine rings is 1. The Bertz CT molecular complexity index is 1510. The normalized spacial score (nSPS) is 25.6. The molecule has 2 bridgehead atoms. The molecule has 11 nitrogen and oxygen atoms in total. The minimum atomic E-state index is -5.33. The largest absolute Gasteiger partial charge is 0.471 e. The monoisotopic (exact) mass is 658 g/mol. The molecule has 0 spiro atoms. The number of hydrogen-bond donors (Lipinski definition) is 3. The van der Waals surface area contributed by atoms with E-state index in [1.807, 2.05) is 0 Å². The van der Waals surface area contributed by atoms with Crippen molar-refractivity contribution in [1.82, 2.24) is 30.8 Å². The number of nitrogens with zero attached hydrogens (tertiary/aromatic N) is 3. The Kier molecular flexibility index (Phi) is 8.38. The third kappa shape index (κ3) is 6.35. The van der Waals surface area contributed by atoms with Crippen LogP contribution in [-0.4, -0.2) is 87.1 Å². The average molecular weight is 659 g/mol. The number of carbonyl (C=O) groups excluding carboxylic acids is 5. The van der Waals surface area contributed by atoms with Gasteiger partial charge >= 0.3 is 12.1 Å². The molecule has 4 amide bonds. The van der Waals surface area contributed by atoms with Gasteiger partial charge in [-0.15, -0.1) is 0 Å². The first kappa shape index (κ1) is 32.6. The van der Waals surface area contributed by atoms with Crippen molar-refractivity contribution in [1.29, 1.82) is 0 Å². The molecule has 1 saturated carbocycles. The molecule has 2 saturated heterocycles. The molecule has 3 N–H and O–H groups in total. The van der Waals surface area contributed by atoms with Gasteiger partial charge in [0.05, 0.1) is 12.0 Å². The second-order valence-electron chi connectivity index (χ2n) is 12.7. The number of pyridine rings is 1. The van der Waals surface area contributed by atoms with Crippen LogP contribution in [0.25, 0.3) is 10.3 Å². The lowest BCUT2D eigenvalue weighted by Crippen LogP contribution is -2.64. The zero-order chi connectivity index (χ0) is 33.1. The van der Waals surface area contributed by atoms with E-state index >= 15 is 8.78 Å². The molecule has 45 heavy (non-hydrogen) atoms. The molecule has 6 atom stereocenters. The summed E-state index contributed by atoms with van der Waals surface area (Å²) in [4.78, 5) is 75.3. The van der Waals surface area contributed by atoms with Crippen molar-refractivity contribution in [2.24, 2.45) is 17.3 Å². The lowest BCUT2D eigenvalue weighted by Gasteiger charge is -2.42. The van der Waals surface area contributed by atoms with Crippen LogP contribution in [0.1, 0.15) is 56.3 Å². The molecular formula is C28H31F5N6O5S. The first-order valence-corrected chi connectivity index (χ1v) is 15.1. The summed E-state index contributed by atoms with van der Waals surface area (Å²) in [5, 5.41) is 6.75. The average Bonchev–Trinajstić information content (AvgIpc) is 3.70. The number of fused-ring (bicyclic) bond motifs is 3. The number of rotatable bonds is 8. The van der Waals surface area contributed by atoms with Gasteiger partial charge in [-0.25, -0.2) is 18.7 Å². The third-order valence-corrected chi connectivity index (χ3v) is 9.51. The first-order valence-electron chi connectivity index (χ1n) is 14.3. The fraction of sp³-hybridized carbons (Fsp3) is 0.607. The summed E-state index contributed by atoms with van der Waals surface area (Å²) >= 11 is 0.943. The molecule has 4 heterocycles. The van der Waals surface area contributed by atoms with Gasteiger partial charge in [0, 0.05) is 31.1 Å². The molecule has 2 aliphatic heterocycles. The van der Waals surface area contributed by atoms with Gasteiger partial charge in [0.1, 0.15) is 22.4 Å². The van der Waals surface area contributed by atoms with E-state index in [-0.39, 0.29) is 23.8 Å². The number of halogens is 5. The highest BCUT2D eigenvalue weighted by Crippen LogP contribution is 2.52. The predicted molar refractivity (Wildman–Crippen MR) is 149 cm³/mol. The highest BCUT2D eigenvalue weighted by atomic mass is 32.1. The van der Waals surface area contributed by atoms with Gasteiger partial charge in [-0.3, -0.25) is 24.0 Å². The summed E-state index contributed by atoms with van der Waals surface area (Å²) in [6, 6.07) is -3.04. The summed E-state index contributed by atoms with van der Waals surface area (Å²) in [5.41, 5.74) is -0.897.